The van der Waals surface area contributed by atoms with E-state index in [2.05, 4.69) is 15.8 Å². The zero-order chi connectivity index (χ0) is 20.7. The van der Waals surface area contributed by atoms with Crippen LogP contribution in [-0.4, -0.2) is 23.0 Å². The average molecular weight is 403 g/mol. The summed E-state index contributed by atoms with van der Waals surface area (Å²) >= 11 is 5.73. The van der Waals surface area contributed by atoms with Crippen LogP contribution in [0.4, 0.5) is 11.4 Å². The Kier molecular flexibility index (Phi) is 7.22. The molecule has 0 radical (unpaired) electrons. The second kappa shape index (κ2) is 9.61. The van der Waals surface area contributed by atoms with Gasteiger partial charge in [-0.25, -0.2) is 5.43 Å². The van der Waals surface area contributed by atoms with Gasteiger partial charge in [0.1, 0.15) is 5.02 Å². The van der Waals surface area contributed by atoms with E-state index in [1.165, 1.54) is 24.4 Å². The van der Waals surface area contributed by atoms with E-state index in [1.807, 2.05) is 32.0 Å². The van der Waals surface area contributed by atoms with Gasteiger partial charge in [0.25, 0.3) is 5.69 Å². The summed E-state index contributed by atoms with van der Waals surface area (Å²) in [6.07, 6.45) is 1.22. The summed E-state index contributed by atoms with van der Waals surface area (Å²) in [5.41, 5.74) is 5.11. The van der Waals surface area contributed by atoms with Crippen molar-refractivity contribution < 1.29 is 14.5 Å². The lowest BCUT2D eigenvalue weighted by atomic mass is 10.1. The SMILES string of the molecule is Cc1ccc(C)c(NC(=O)CCC(=O)NN=Cc2ccc(Cl)c([N+](=O)[O-])c2)c1. The number of rotatable bonds is 7. The van der Waals surface area contributed by atoms with Gasteiger partial charge in [0.2, 0.25) is 11.8 Å². The monoisotopic (exact) mass is 402 g/mol. The third-order valence-electron chi connectivity index (χ3n) is 3.82. The van der Waals surface area contributed by atoms with E-state index in [4.69, 9.17) is 11.6 Å². The van der Waals surface area contributed by atoms with E-state index in [0.717, 1.165) is 11.1 Å². The molecule has 0 spiro atoms. The summed E-state index contributed by atoms with van der Waals surface area (Å²) in [4.78, 5) is 34.0. The van der Waals surface area contributed by atoms with E-state index < -0.39 is 10.8 Å². The van der Waals surface area contributed by atoms with Gasteiger partial charge in [-0.1, -0.05) is 29.8 Å². The molecule has 146 valence electrons. The molecule has 0 saturated carbocycles. The molecule has 0 atom stereocenters. The minimum atomic E-state index is -0.604. The number of hydrazone groups is 1. The second-order valence-corrected chi connectivity index (χ2v) is 6.53. The standard InChI is InChI=1S/C19H19ClN4O4/c1-12-3-4-13(2)16(9-12)22-18(25)7-8-19(26)23-21-11-14-5-6-15(20)17(10-14)24(27)28/h3-6,9-11H,7-8H2,1-2H3,(H,22,25)(H,23,26). The topological polar surface area (TPSA) is 114 Å². The maximum atomic E-state index is 12.0. The lowest BCUT2D eigenvalue weighted by Gasteiger charge is -2.09. The lowest BCUT2D eigenvalue weighted by molar-refractivity contribution is -0.384. The van der Waals surface area contributed by atoms with Crippen LogP contribution in [0, 0.1) is 24.0 Å². The molecule has 0 bridgehead atoms. The first-order valence-corrected chi connectivity index (χ1v) is 8.77. The van der Waals surface area contributed by atoms with Crippen molar-refractivity contribution in [3.63, 3.8) is 0 Å². The van der Waals surface area contributed by atoms with E-state index in [1.54, 1.807) is 0 Å². The number of hydrogen-bond acceptors (Lipinski definition) is 5. The van der Waals surface area contributed by atoms with Crippen LogP contribution in [0.1, 0.15) is 29.5 Å². The molecule has 28 heavy (non-hydrogen) atoms. The summed E-state index contributed by atoms with van der Waals surface area (Å²) in [6, 6.07) is 9.88. The van der Waals surface area contributed by atoms with E-state index in [9.17, 15) is 19.7 Å². The molecule has 0 aromatic heterocycles. The van der Waals surface area contributed by atoms with Crippen molar-refractivity contribution in [2.24, 2.45) is 5.10 Å². The molecule has 8 nitrogen and oxygen atoms in total. The highest BCUT2D eigenvalue weighted by Crippen LogP contribution is 2.24. The van der Waals surface area contributed by atoms with Gasteiger partial charge in [-0.15, -0.1) is 0 Å². The zero-order valence-electron chi connectivity index (χ0n) is 15.4. The molecule has 9 heteroatoms. The van der Waals surface area contributed by atoms with Crippen molar-refractivity contribution in [3.05, 3.63) is 68.2 Å². The Balaban J connectivity index is 1.83. The predicted molar refractivity (Wildman–Crippen MR) is 108 cm³/mol. The molecule has 0 unspecified atom stereocenters. The van der Waals surface area contributed by atoms with Crippen molar-refractivity contribution in [3.8, 4) is 0 Å². The number of nitro benzene ring substituents is 1. The third kappa shape index (κ3) is 6.17. The van der Waals surface area contributed by atoms with Crippen LogP contribution in [0.3, 0.4) is 0 Å². The molecule has 0 aliphatic carbocycles. The number of nitro groups is 1. The molecule has 2 rings (SSSR count). The Morgan fingerprint density at radius 1 is 1.14 bits per heavy atom. The smallest absolute Gasteiger partial charge is 0.288 e. The molecule has 0 aliphatic rings. The minimum absolute atomic E-state index is 0.00114. The van der Waals surface area contributed by atoms with Crippen LogP contribution in [-0.2, 0) is 9.59 Å². The van der Waals surface area contributed by atoms with Crippen molar-refractivity contribution in [2.45, 2.75) is 26.7 Å². The van der Waals surface area contributed by atoms with Crippen LogP contribution in [0.15, 0.2) is 41.5 Å². The molecule has 2 amide bonds. The van der Waals surface area contributed by atoms with Gasteiger partial charge < -0.3 is 5.32 Å². The van der Waals surface area contributed by atoms with Crippen LogP contribution in [0.25, 0.3) is 0 Å². The third-order valence-corrected chi connectivity index (χ3v) is 4.14. The van der Waals surface area contributed by atoms with Gasteiger partial charge in [0.15, 0.2) is 0 Å². The van der Waals surface area contributed by atoms with Gasteiger partial charge in [-0.3, -0.25) is 19.7 Å². The quantitative estimate of drug-likeness (QED) is 0.417. The molecule has 2 aromatic rings. The molecule has 0 fully saturated rings. The summed E-state index contributed by atoms with van der Waals surface area (Å²) in [6.45, 7) is 3.81. The molecule has 0 saturated heterocycles. The van der Waals surface area contributed by atoms with Crippen molar-refractivity contribution in [1.29, 1.82) is 0 Å². The Labute approximate surface area is 166 Å². The molecule has 2 aromatic carbocycles. The maximum absolute atomic E-state index is 12.0. The highest BCUT2D eigenvalue weighted by molar-refractivity contribution is 6.32. The fourth-order valence-electron chi connectivity index (χ4n) is 2.29. The Morgan fingerprint density at radius 3 is 2.57 bits per heavy atom. The highest BCUT2D eigenvalue weighted by atomic mass is 35.5. The molecular formula is C19H19ClN4O4. The van der Waals surface area contributed by atoms with Crippen LogP contribution in [0.5, 0.6) is 0 Å². The van der Waals surface area contributed by atoms with Crippen LogP contribution in [0.2, 0.25) is 5.02 Å². The summed E-state index contributed by atoms with van der Waals surface area (Å²) in [5, 5.41) is 17.4. The number of nitrogens with one attached hydrogen (secondary N) is 2. The maximum Gasteiger partial charge on any atom is 0.288 e. The van der Waals surface area contributed by atoms with Gasteiger partial charge >= 0.3 is 0 Å². The first kappa shape index (κ1) is 21.0. The molecule has 0 aliphatic heterocycles. The van der Waals surface area contributed by atoms with Crippen molar-refractivity contribution in [1.82, 2.24) is 5.43 Å². The van der Waals surface area contributed by atoms with Gasteiger partial charge in [0.05, 0.1) is 11.1 Å². The van der Waals surface area contributed by atoms with Crippen molar-refractivity contribution in [2.75, 3.05) is 5.32 Å². The van der Waals surface area contributed by atoms with Crippen LogP contribution < -0.4 is 10.7 Å². The molecule has 2 N–H and O–H groups in total. The number of hydrogen-bond donors (Lipinski definition) is 2. The normalized spacial score (nSPS) is 10.7. The first-order chi connectivity index (χ1) is 13.3. The van der Waals surface area contributed by atoms with Crippen molar-refractivity contribution >= 4 is 41.0 Å². The molecular weight excluding hydrogens is 384 g/mol. The van der Waals surface area contributed by atoms with Gasteiger partial charge in [-0.05, 0) is 37.1 Å². The number of amides is 2. The predicted octanol–water partition coefficient (Wildman–Crippen LogP) is 3.73. The Morgan fingerprint density at radius 2 is 1.86 bits per heavy atom. The number of anilines is 1. The Hall–Kier alpha value is -3.26. The fourth-order valence-corrected chi connectivity index (χ4v) is 2.48. The van der Waals surface area contributed by atoms with E-state index in [-0.39, 0.29) is 29.5 Å². The zero-order valence-corrected chi connectivity index (χ0v) is 16.1. The number of halogens is 1. The Bertz CT molecular complexity index is 944. The number of carbonyl (C=O) groups is 2. The largest absolute Gasteiger partial charge is 0.326 e. The fraction of sp³-hybridized carbons (Fsp3) is 0.211. The second-order valence-electron chi connectivity index (χ2n) is 6.13. The molecule has 0 heterocycles. The van der Waals surface area contributed by atoms with E-state index >= 15 is 0 Å². The number of aryl methyl sites for hydroxylation is 2. The summed E-state index contributed by atoms with van der Waals surface area (Å²) in [5.74, 6) is -0.725. The minimum Gasteiger partial charge on any atom is -0.326 e. The number of benzene rings is 2. The number of nitrogens with zero attached hydrogens (tertiary/aromatic N) is 2. The van der Waals surface area contributed by atoms with Gasteiger partial charge in [-0.2, -0.15) is 5.10 Å². The lowest BCUT2D eigenvalue weighted by Crippen LogP contribution is -2.21. The first-order valence-electron chi connectivity index (χ1n) is 8.39. The number of carbonyl (C=O) groups excluding carboxylic acids is 2. The highest BCUT2D eigenvalue weighted by Gasteiger charge is 2.12. The van der Waals surface area contributed by atoms with E-state index in [0.29, 0.717) is 11.3 Å². The average Bonchev–Trinajstić information content (AvgIpc) is 2.64. The summed E-state index contributed by atoms with van der Waals surface area (Å²) < 4.78 is 0. The summed E-state index contributed by atoms with van der Waals surface area (Å²) in [7, 11) is 0. The van der Waals surface area contributed by atoms with Gasteiger partial charge in [0, 0.05) is 30.2 Å². The van der Waals surface area contributed by atoms with Crippen LogP contribution >= 0.6 is 11.6 Å².